The van der Waals surface area contributed by atoms with Gasteiger partial charge in [0.25, 0.3) is 11.1 Å². The van der Waals surface area contributed by atoms with Crippen LogP contribution in [0.3, 0.4) is 0 Å². The summed E-state index contributed by atoms with van der Waals surface area (Å²) in [6.07, 6.45) is 1.94. The SMILES string of the molecule is COc1cc2ncn(CCCC(=O)OCc3cc(=O)n4c(C)csc4n3)c(=O)c2cc1OC. The monoisotopic (exact) mass is 470 g/mol. The van der Waals surface area contributed by atoms with E-state index in [-0.39, 0.29) is 24.1 Å². The molecule has 0 unspecified atom stereocenters. The number of hydrogen-bond donors (Lipinski definition) is 0. The maximum atomic E-state index is 12.8. The van der Waals surface area contributed by atoms with Gasteiger partial charge in [-0.25, -0.2) is 9.97 Å². The van der Waals surface area contributed by atoms with Gasteiger partial charge in [-0.2, -0.15) is 0 Å². The molecule has 3 aromatic heterocycles. The zero-order valence-corrected chi connectivity index (χ0v) is 19.2. The fourth-order valence-corrected chi connectivity index (χ4v) is 4.33. The molecule has 4 rings (SSSR count). The van der Waals surface area contributed by atoms with E-state index in [1.165, 1.54) is 46.9 Å². The third-order valence-electron chi connectivity index (χ3n) is 5.12. The van der Waals surface area contributed by atoms with E-state index >= 15 is 0 Å². The van der Waals surface area contributed by atoms with Gasteiger partial charge < -0.3 is 14.2 Å². The van der Waals surface area contributed by atoms with Crippen LogP contribution in [0.4, 0.5) is 0 Å². The van der Waals surface area contributed by atoms with Crippen LogP contribution in [0.2, 0.25) is 0 Å². The van der Waals surface area contributed by atoms with Crippen molar-refractivity contribution in [2.75, 3.05) is 14.2 Å². The number of esters is 1. The number of aromatic nitrogens is 4. The minimum atomic E-state index is -0.437. The van der Waals surface area contributed by atoms with Gasteiger partial charge in [-0.1, -0.05) is 0 Å². The molecule has 0 aliphatic rings. The van der Waals surface area contributed by atoms with E-state index in [2.05, 4.69) is 9.97 Å². The number of aryl methyl sites for hydroxylation is 2. The van der Waals surface area contributed by atoms with Crippen molar-refractivity contribution in [2.24, 2.45) is 0 Å². The largest absolute Gasteiger partial charge is 0.493 e. The maximum absolute atomic E-state index is 12.8. The van der Waals surface area contributed by atoms with E-state index in [9.17, 15) is 14.4 Å². The lowest BCUT2D eigenvalue weighted by atomic mass is 10.2. The number of ether oxygens (including phenoxy) is 3. The number of methoxy groups -OCH3 is 2. The van der Waals surface area contributed by atoms with Crippen LogP contribution in [0.25, 0.3) is 15.9 Å². The smallest absolute Gasteiger partial charge is 0.306 e. The Bertz CT molecular complexity index is 1460. The molecule has 0 fully saturated rings. The van der Waals surface area contributed by atoms with Crippen molar-refractivity contribution < 1.29 is 19.0 Å². The third-order valence-corrected chi connectivity index (χ3v) is 6.06. The van der Waals surface area contributed by atoms with Crippen LogP contribution in [0.5, 0.6) is 11.5 Å². The molecule has 0 spiro atoms. The molecule has 0 N–H and O–H groups in total. The highest BCUT2D eigenvalue weighted by atomic mass is 32.1. The molecule has 33 heavy (non-hydrogen) atoms. The van der Waals surface area contributed by atoms with Gasteiger partial charge in [0.2, 0.25) is 0 Å². The summed E-state index contributed by atoms with van der Waals surface area (Å²) in [6.45, 7) is 2.04. The molecule has 0 atom stereocenters. The average Bonchev–Trinajstić information content (AvgIpc) is 3.19. The lowest BCUT2D eigenvalue weighted by molar-refractivity contribution is -0.145. The molecule has 11 heteroatoms. The van der Waals surface area contributed by atoms with Crippen molar-refractivity contribution >= 4 is 33.2 Å². The summed E-state index contributed by atoms with van der Waals surface area (Å²) in [5.74, 6) is 0.491. The first-order chi connectivity index (χ1) is 15.9. The highest BCUT2D eigenvalue weighted by molar-refractivity contribution is 7.15. The Hall–Kier alpha value is -3.73. The van der Waals surface area contributed by atoms with E-state index in [0.29, 0.717) is 46.0 Å². The van der Waals surface area contributed by atoms with Crippen LogP contribution in [-0.4, -0.2) is 39.1 Å². The second-order valence-electron chi connectivity index (χ2n) is 7.31. The molecule has 0 radical (unpaired) electrons. The van der Waals surface area contributed by atoms with Crippen molar-refractivity contribution in [3.05, 3.63) is 62.0 Å². The predicted octanol–water partition coefficient (Wildman–Crippen LogP) is 2.32. The van der Waals surface area contributed by atoms with E-state index in [0.717, 1.165) is 5.69 Å². The van der Waals surface area contributed by atoms with Gasteiger partial charge in [0.1, 0.15) is 6.61 Å². The maximum Gasteiger partial charge on any atom is 0.306 e. The fraction of sp³-hybridized carbons (Fsp3) is 0.318. The highest BCUT2D eigenvalue weighted by Gasteiger charge is 2.12. The third kappa shape index (κ3) is 4.58. The quantitative estimate of drug-likeness (QED) is 0.361. The standard InChI is InChI=1S/C22H22N4O6S/c1-13-11-33-22-24-14(7-19(27)26(13)22)10-32-20(28)5-4-6-25-12-23-16-9-18(31-3)17(30-2)8-15(16)21(25)29/h7-9,11-12H,4-6,10H2,1-3H3. The molecule has 4 aromatic rings. The lowest BCUT2D eigenvalue weighted by Gasteiger charge is -2.10. The molecular weight excluding hydrogens is 448 g/mol. The molecule has 1 aromatic carbocycles. The van der Waals surface area contributed by atoms with Crippen molar-refractivity contribution in [3.8, 4) is 11.5 Å². The summed E-state index contributed by atoms with van der Waals surface area (Å²) >= 11 is 1.35. The van der Waals surface area contributed by atoms with Gasteiger partial charge in [0.05, 0.1) is 37.1 Å². The second-order valence-corrected chi connectivity index (χ2v) is 8.15. The van der Waals surface area contributed by atoms with Gasteiger partial charge in [0.15, 0.2) is 16.5 Å². The molecule has 172 valence electrons. The predicted molar refractivity (Wildman–Crippen MR) is 122 cm³/mol. The van der Waals surface area contributed by atoms with E-state index in [1.807, 2.05) is 12.3 Å². The molecule has 0 amide bonds. The number of fused-ring (bicyclic) bond motifs is 2. The molecule has 3 heterocycles. The van der Waals surface area contributed by atoms with E-state index in [4.69, 9.17) is 14.2 Å². The molecule has 0 saturated carbocycles. The summed E-state index contributed by atoms with van der Waals surface area (Å²) in [4.78, 5) is 46.4. The van der Waals surface area contributed by atoms with Gasteiger partial charge in [-0.05, 0) is 19.4 Å². The second kappa shape index (κ2) is 9.41. The molecule has 0 aliphatic heterocycles. The van der Waals surface area contributed by atoms with E-state index in [1.54, 1.807) is 12.1 Å². The molecule has 10 nitrogen and oxygen atoms in total. The summed E-state index contributed by atoms with van der Waals surface area (Å²) in [5, 5.41) is 2.24. The zero-order chi connectivity index (χ0) is 23.5. The number of rotatable bonds is 8. The van der Waals surface area contributed by atoms with Crippen LogP contribution in [0.1, 0.15) is 24.2 Å². The molecule has 0 bridgehead atoms. The summed E-state index contributed by atoms with van der Waals surface area (Å²) in [6, 6.07) is 4.60. The normalized spacial score (nSPS) is 11.1. The van der Waals surface area contributed by atoms with Gasteiger partial charge >= 0.3 is 5.97 Å². The van der Waals surface area contributed by atoms with Crippen LogP contribution in [0, 0.1) is 6.92 Å². The number of carbonyl (C=O) groups is 1. The van der Waals surface area contributed by atoms with Gasteiger partial charge in [0, 0.05) is 36.2 Å². The summed E-state index contributed by atoms with van der Waals surface area (Å²) < 4.78 is 18.7. The lowest BCUT2D eigenvalue weighted by Crippen LogP contribution is -2.21. The Morgan fingerprint density at radius 1 is 1.12 bits per heavy atom. The van der Waals surface area contributed by atoms with Crippen molar-refractivity contribution in [1.29, 1.82) is 0 Å². The first-order valence-corrected chi connectivity index (χ1v) is 11.0. The number of hydrogen-bond acceptors (Lipinski definition) is 9. The summed E-state index contributed by atoms with van der Waals surface area (Å²) in [5.41, 5.74) is 1.26. The molecular formula is C22H22N4O6S. The zero-order valence-electron chi connectivity index (χ0n) is 18.4. The van der Waals surface area contributed by atoms with Crippen LogP contribution in [-0.2, 0) is 22.7 Å². The Morgan fingerprint density at radius 3 is 2.64 bits per heavy atom. The van der Waals surface area contributed by atoms with Gasteiger partial charge in [-0.3, -0.25) is 23.4 Å². The number of thiazole rings is 1. The Kier molecular flexibility index (Phi) is 6.40. The van der Waals surface area contributed by atoms with Crippen LogP contribution < -0.4 is 20.6 Å². The Balaban J connectivity index is 1.37. The minimum absolute atomic E-state index is 0.0827. The molecule has 0 saturated heterocycles. The Labute approximate surface area is 192 Å². The number of carbonyl (C=O) groups excluding carboxylic acids is 1. The fourth-order valence-electron chi connectivity index (χ4n) is 3.44. The number of benzene rings is 1. The topological polar surface area (TPSA) is 114 Å². The first kappa shape index (κ1) is 22.5. The first-order valence-electron chi connectivity index (χ1n) is 10.1. The highest BCUT2D eigenvalue weighted by Crippen LogP contribution is 2.29. The van der Waals surface area contributed by atoms with Crippen LogP contribution in [0.15, 0.2) is 39.5 Å². The summed E-state index contributed by atoms with van der Waals surface area (Å²) in [7, 11) is 3.01. The van der Waals surface area contributed by atoms with Crippen molar-refractivity contribution in [3.63, 3.8) is 0 Å². The minimum Gasteiger partial charge on any atom is -0.493 e. The average molecular weight is 471 g/mol. The van der Waals surface area contributed by atoms with Crippen LogP contribution >= 0.6 is 11.3 Å². The van der Waals surface area contributed by atoms with Crippen molar-refractivity contribution in [2.45, 2.75) is 32.9 Å². The van der Waals surface area contributed by atoms with Crippen molar-refractivity contribution in [1.82, 2.24) is 18.9 Å². The Morgan fingerprint density at radius 2 is 1.88 bits per heavy atom. The van der Waals surface area contributed by atoms with Gasteiger partial charge in [-0.15, -0.1) is 11.3 Å². The molecule has 0 aliphatic carbocycles. The number of nitrogens with zero attached hydrogens (tertiary/aromatic N) is 4. The van der Waals surface area contributed by atoms with E-state index < -0.39 is 5.97 Å².